The van der Waals surface area contributed by atoms with Crippen LogP contribution in [0.5, 0.6) is 5.75 Å². The molecule has 1 aromatic rings. The largest absolute Gasteiger partial charge is 0.494 e. The van der Waals surface area contributed by atoms with Crippen LogP contribution in [0.2, 0.25) is 0 Å². The quantitative estimate of drug-likeness (QED) is 0.523. The fraction of sp³-hybridized carbons (Fsp3) is 0.471. The second-order valence-electron chi connectivity index (χ2n) is 5.68. The van der Waals surface area contributed by atoms with Crippen LogP contribution in [0.4, 0.5) is 0 Å². The fourth-order valence-electron chi connectivity index (χ4n) is 2.39. The molecule has 0 aliphatic carbocycles. The maximum Gasteiger partial charge on any atom is 0.329 e. The zero-order chi connectivity index (χ0) is 16.7. The third-order valence-electron chi connectivity index (χ3n) is 3.84. The second-order valence-corrected chi connectivity index (χ2v) is 5.68. The first-order valence-corrected chi connectivity index (χ1v) is 7.95. The van der Waals surface area contributed by atoms with Crippen LogP contribution in [-0.4, -0.2) is 42.6 Å². The van der Waals surface area contributed by atoms with E-state index in [1.54, 1.807) is 4.90 Å². The Hall–Kier alpha value is -2.37. The highest BCUT2D eigenvalue weighted by Crippen LogP contribution is 2.15. The Morgan fingerprint density at radius 2 is 1.96 bits per heavy atom. The minimum atomic E-state index is -0.693. The van der Waals surface area contributed by atoms with Gasteiger partial charge in [0.15, 0.2) is 0 Å². The lowest BCUT2D eigenvalue weighted by Crippen LogP contribution is -2.45. The van der Waals surface area contributed by atoms with E-state index in [1.165, 1.54) is 6.21 Å². The van der Waals surface area contributed by atoms with E-state index >= 15 is 0 Å². The molecule has 2 amide bonds. The number of likely N-dealkylation sites (tertiary alicyclic amines) is 1. The number of nitrogens with one attached hydrogen (secondary N) is 1. The molecule has 2 rings (SSSR count). The average molecular weight is 317 g/mol. The van der Waals surface area contributed by atoms with E-state index in [1.807, 2.05) is 31.2 Å². The number of ether oxygens (including phenoxy) is 1. The number of hydrogen-bond acceptors (Lipinski definition) is 4. The van der Waals surface area contributed by atoms with Crippen molar-refractivity contribution >= 4 is 18.0 Å². The molecule has 124 valence electrons. The predicted molar refractivity (Wildman–Crippen MR) is 88.3 cm³/mol. The summed E-state index contributed by atoms with van der Waals surface area (Å²) in [5, 5.41) is 3.84. The van der Waals surface area contributed by atoms with Crippen LogP contribution >= 0.6 is 0 Å². The van der Waals surface area contributed by atoms with Crippen molar-refractivity contribution < 1.29 is 14.3 Å². The SMILES string of the molecule is CCOc1ccc(C=NNC(=O)C(=O)N2CCC(C)CC2)cc1. The summed E-state index contributed by atoms with van der Waals surface area (Å²) in [6.45, 7) is 5.96. The van der Waals surface area contributed by atoms with E-state index in [9.17, 15) is 9.59 Å². The Balaban J connectivity index is 1.82. The fourth-order valence-corrected chi connectivity index (χ4v) is 2.39. The molecule has 0 spiro atoms. The smallest absolute Gasteiger partial charge is 0.329 e. The van der Waals surface area contributed by atoms with E-state index in [4.69, 9.17) is 4.74 Å². The predicted octanol–water partition coefficient (Wildman–Crippen LogP) is 1.79. The maximum absolute atomic E-state index is 12.0. The number of carbonyl (C=O) groups is 2. The van der Waals surface area contributed by atoms with Crippen LogP contribution in [0.1, 0.15) is 32.3 Å². The topological polar surface area (TPSA) is 71.0 Å². The molecule has 0 unspecified atom stereocenters. The van der Waals surface area contributed by atoms with Gasteiger partial charge in [0.1, 0.15) is 5.75 Å². The van der Waals surface area contributed by atoms with Crippen molar-refractivity contribution in [3.05, 3.63) is 29.8 Å². The second kappa shape index (κ2) is 8.31. The van der Waals surface area contributed by atoms with Gasteiger partial charge < -0.3 is 9.64 Å². The molecule has 1 aliphatic heterocycles. The summed E-state index contributed by atoms with van der Waals surface area (Å²) in [4.78, 5) is 25.4. The van der Waals surface area contributed by atoms with Gasteiger partial charge in [0.05, 0.1) is 12.8 Å². The number of benzene rings is 1. The van der Waals surface area contributed by atoms with Crippen LogP contribution < -0.4 is 10.2 Å². The van der Waals surface area contributed by atoms with E-state index < -0.39 is 11.8 Å². The van der Waals surface area contributed by atoms with Gasteiger partial charge in [-0.25, -0.2) is 5.43 Å². The van der Waals surface area contributed by atoms with Crippen molar-refractivity contribution in [2.24, 2.45) is 11.0 Å². The molecule has 1 heterocycles. The Kier molecular flexibility index (Phi) is 6.14. The van der Waals surface area contributed by atoms with Crippen LogP contribution in [-0.2, 0) is 9.59 Å². The van der Waals surface area contributed by atoms with E-state index in [2.05, 4.69) is 17.5 Å². The third kappa shape index (κ3) is 5.09. The van der Waals surface area contributed by atoms with Gasteiger partial charge in [0.25, 0.3) is 0 Å². The number of hydrogen-bond donors (Lipinski definition) is 1. The Morgan fingerprint density at radius 1 is 1.30 bits per heavy atom. The summed E-state index contributed by atoms with van der Waals surface area (Å²) < 4.78 is 5.35. The molecule has 1 fully saturated rings. The zero-order valence-electron chi connectivity index (χ0n) is 13.6. The monoisotopic (exact) mass is 317 g/mol. The van der Waals surface area contributed by atoms with Gasteiger partial charge in [-0.15, -0.1) is 0 Å². The summed E-state index contributed by atoms with van der Waals surface area (Å²) in [5.41, 5.74) is 3.10. The molecule has 0 saturated carbocycles. The first-order chi connectivity index (χ1) is 11.1. The molecular formula is C17H23N3O3. The molecular weight excluding hydrogens is 294 g/mol. The lowest BCUT2D eigenvalue weighted by molar-refractivity contribution is -0.146. The van der Waals surface area contributed by atoms with E-state index in [-0.39, 0.29) is 0 Å². The van der Waals surface area contributed by atoms with Crippen LogP contribution in [0.15, 0.2) is 29.4 Å². The number of hydrazone groups is 1. The van der Waals surface area contributed by atoms with E-state index in [0.717, 1.165) is 24.2 Å². The molecule has 0 radical (unpaired) electrons. The van der Waals surface area contributed by atoms with Crippen LogP contribution in [0.3, 0.4) is 0 Å². The number of carbonyl (C=O) groups excluding carboxylic acids is 2. The summed E-state index contributed by atoms with van der Waals surface area (Å²) in [6, 6.07) is 7.31. The molecule has 1 saturated heterocycles. The maximum atomic E-state index is 12.0. The highest BCUT2D eigenvalue weighted by Gasteiger charge is 2.25. The molecule has 0 atom stereocenters. The minimum Gasteiger partial charge on any atom is -0.494 e. The zero-order valence-corrected chi connectivity index (χ0v) is 13.6. The van der Waals surface area contributed by atoms with Gasteiger partial charge in [0, 0.05) is 13.1 Å². The standard InChI is InChI=1S/C17H23N3O3/c1-3-23-15-6-4-14(5-7-15)12-18-19-16(21)17(22)20-10-8-13(2)9-11-20/h4-7,12-13H,3,8-11H2,1-2H3,(H,19,21). The average Bonchev–Trinajstić information content (AvgIpc) is 2.56. The minimum absolute atomic E-state index is 0.513. The highest BCUT2D eigenvalue weighted by atomic mass is 16.5. The molecule has 0 aromatic heterocycles. The first-order valence-electron chi connectivity index (χ1n) is 7.95. The van der Waals surface area contributed by atoms with Gasteiger partial charge in [0.2, 0.25) is 0 Å². The number of rotatable bonds is 4. The van der Waals surface area contributed by atoms with Gasteiger partial charge >= 0.3 is 11.8 Å². The Labute approximate surface area is 136 Å². The Bertz CT molecular complexity index is 561. The van der Waals surface area contributed by atoms with Gasteiger partial charge in [-0.1, -0.05) is 6.92 Å². The molecule has 23 heavy (non-hydrogen) atoms. The van der Waals surface area contributed by atoms with Crippen LogP contribution in [0.25, 0.3) is 0 Å². The lowest BCUT2D eigenvalue weighted by atomic mass is 9.99. The number of amides is 2. The molecule has 6 heteroatoms. The van der Waals surface area contributed by atoms with Crippen LogP contribution in [0, 0.1) is 5.92 Å². The summed E-state index contributed by atoms with van der Waals surface area (Å²) in [7, 11) is 0. The van der Waals surface area contributed by atoms with Crippen molar-refractivity contribution in [1.29, 1.82) is 0 Å². The van der Waals surface area contributed by atoms with Crippen molar-refractivity contribution in [2.45, 2.75) is 26.7 Å². The van der Waals surface area contributed by atoms with E-state index in [0.29, 0.717) is 25.6 Å². The van der Waals surface area contributed by atoms with Gasteiger partial charge in [-0.05, 0) is 55.5 Å². The summed E-state index contributed by atoms with van der Waals surface area (Å²) in [5.74, 6) is 0.186. The third-order valence-corrected chi connectivity index (χ3v) is 3.84. The normalized spacial score (nSPS) is 15.7. The van der Waals surface area contributed by atoms with Crippen molar-refractivity contribution in [3.63, 3.8) is 0 Å². The number of nitrogens with zero attached hydrogens (tertiary/aromatic N) is 2. The van der Waals surface area contributed by atoms with Crippen molar-refractivity contribution in [3.8, 4) is 5.75 Å². The van der Waals surface area contributed by atoms with Crippen molar-refractivity contribution in [1.82, 2.24) is 10.3 Å². The molecule has 1 N–H and O–H groups in total. The van der Waals surface area contributed by atoms with Gasteiger partial charge in [-0.3, -0.25) is 9.59 Å². The molecule has 0 bridgehead atoms. The summed E-state index contributed by atoms with van der Waals surface area (Å²) in [6.07, 6.45) is 3.38. The lowest BCUT2D eigenvalue weighted by Gasteiger charge is -2.29. The molecule has 1 aliphatic rings. The number of piperidine rings is 1. The Morgan fingerprint density at radius 3 is 2.57 bits per heavy atom. The molecule has 1 aromatic carbocycles. The van der Waals surface area contributed by atoms with Crippen molar-refractivity contribution in [2.75, 3.05) is 19.7 Å². The molecule has 6 nitrogen and oxygen atoms in total. The summed E-state index contributed by atoms with van der Waals surface area (Å²) >= 11 is 0. The van der Waals surface area contributed by atoms with Gasteiger partial charge in [-0.2, -0.15) is 5.10 Å². The highest BCUT2D eigenvalue weighted by molar-refractivity contribution is 6.35. The first kappa shape index (κ1) is 17.0.